The number of amides is 1. The Balaban J connectivity index is 1.38. The standard InChI is InChI=1S/C13H22N2O/c1-15(11-4-5-11)12(16)8-14-9-13(6-7-13)10-2-3-10/h10-11,14H,2-9H2,1H3. The summed E-state index contributed by atoms with van der Waals surface area (Å²) in [5, 5.41) is 3.38. The Hall–Kier alpha value is -0.570. The lowest BCUT2D eigenvalue weighted by atomic mass is 10.0. The molecule has 3 saturated carbocycles. The molecule has 0 heterocycles. The summed E-state index contributed by atoms with van der Waals surface area (Å²) in [5.41, 5.74) is 0.610. The number of rotatable bonds is 6. The molecule has 0 aliphatic heterocycles. The second kappa shape index (κ2) is 3.73. The minimum Gasteiger partial charge on any atom is -0.342 e. The lowest BCUT2D eigenvalue weighted by Crippen LogP contribution is -2.39. The second-order valence-electron chi connectivity index (χ2n) is 5.98. The normalized spacial score (nSPS) is 26.6. The van der Waals surface area contributed by atoms with Gasteiger partial charge >= 0.3 is 0 Å². The van der Waals surface area contributed by atoms with E-state index in [4.69, 9.17) is 0 Å². The molecule has 0 spiro atoms. The van der Waals surface area contributed by atoms with Gasteiger partial charge in [-0.3, -0.25) is 4.79 Å². The van der Waals surface area contributed by atoms with E-state index >= 15 is 0 Å². The summed E-state index contributed by atoms with van der Waals surface area (Å²) in [6, 6.07) is 0.549. The molecule has 0 atom stereocenters. The summed E-state index contributed by atoms with van der Waals surface area (Å²) in [4.78, 5) is 13.7. The highest BCUT2D eigenvalue weighted by Gasteiger charge is 2.53. The molecule has 1 N–H and O–H groups in total. The number of nitrogens with one attached hydrogen (secondary N) is 1. The minimum atomic E-state index is 0.272. The van der Waals surface area contributed by atoms with Crippen LogP contribution in [-0.4, -0.2) is 37.0 Å². The van der Waals surface area contributed by atoms with Crippen molar-refractivity contribution < 1.29 is 4.79 Å². The van der Waals surface area contributed by atoms with Gasteiger partial charge in [-0.15, -0.1) is 0 Å². The van der Waals surface area contributed by atoms with Crippen LogP contribution in [0.5, 0.6) is 0 Å². The van der Waals surface area contributed by atoms with Crippen molar-refractivity contribution in [2.45, 2.75) is 44.6 Å². The Morgan fingerprint density at radius 1 is 1.31 bits per heavy atom. The molecule has 0 aromatic heterocycles. The van der Waals surface area contributed by atoms with Gasteiger partial charge in [0.2, 0.25) is 5.91 Å². The van der Waals surface area contributed by atoms with E-state index in [9.17, 15) is 4.79 Å². The maximum absolute atomic E-state index is 11.8. The molecule has 0 bridgehead atoms. The minimum absolute atomic E-state index is 0.272. The lowest BCUT2D eigenvalue weighted by Gasteiger charge is -2.19. The second-order valence-corrected chi connectivity index (χ2v) is 5.98. The van der Waals surface area contributed by atoms with Gasteiger partial charge < -0.3 is 10.2 Å². The summed E-state index contributed by atoms with van der Waals surface area (Å²) in [6.07, 6.45) is 8.03. The van der Waals surface area contributed by atoms with E-state index in [-0.39, 0.29) is 5.91 Å². The third-order valence-corrected chi connectivity index (χ3v) is 4.58. The van der Waals surface area contributed by atoms with Crippen molar-refractivity contribution in [3.63, 3.8) is 0 Å². The third kappa shape index (κ3) is 2.10. The van der Waals surface area contributed by atoms with Crippen LogP contribution in [0.25, 0.3) is 0 Å². The Kier molecular flexibility index (Phi) is 2.46. The van der Waals surface area contributed by atoms with Crippen LogP contribution < -0.4 is 5.32 Å². The van der Waals surface area contributed by atoms with E-state index in [1.165, 1.54) is 38.5 Å². The first-order chi connectivity index (χ1) is 7.71. The van der Waals surface area contributed by atoms with Crippen LogP contribution in [0.2, 0.25) is 0 Å². The fourth-order valence-electron chi connectivity index (χ4n) is 2.79. The van der Waals surface area contributed by atoms with Gasteiger partial charge in [-0.2, -0.15) is 0 Å². The average molecular weight is 222 g/mol. The van der Waals surface area contributed by atoms with Crippen molar-refractivity contribution in [2.24, 2.45) is 11.3 Å². The number of carbonyl (C=O) groups excluding carboxylic acids is 1. The first-order valence-corrected chi connectivity index (χ1v) is 6.68. The number of nitrogens with zero attached hydrogens (tertiary/aromatic N) is 1. The highest BCUT2D eigenvalue weighted by molar-refractivity contribution is 5.78. The SMILES string of the molecule is CN(C(=O)CNCC1(C2CC2)CC1)C1CC1. The Bertz CT molecular complexity index is 290. The topological polar surface area (TPSA) is 32.3 Å². The zero-order valence-electron chi connectivity index (χ0n) is 10.2. The highest BCUT2D eigenvalue weighted by Crippen LogP contribution is 2.60. The predicted octanol–water partition coefficient (Wildman–Crippen LogP) is 1.39. The molecule has 16 heavy (non-hydrogen) atoms. The molecular weight excluding hydrogens is 200 g/mol. The van der Waals surface area contributed by atoms with Gasteiger partial charge in [-0.25, -0.2) is 0 Å². The molecule has 0 aromatic rings. The quantitative estimate of drug-likeness (QED) is 0.736. The number of carbonyl (C=O) groups is 1. The average Bonchev–Trinajstić information content (AvgIpc) is 3.15. The van der Waals surface area contributed by atoms with Gasteiger partial charge in [0, 0.05) is 19.6 Å². The van der Waals surface area contributed by atoms with E-state index in [1.54, 1.807) is 0 Å². The molecule has 3 nitrogen and oxygen atoms in total. The van der Waals surface area contributed by atoms with Gasteiger partial charge in [0.1, 0.15) is 0 Å². The van der Waals surface area contributed by atoms with Gasteiger partial charge in [-0.05, 0) is 49.9 Å². The number of likely N-dealkylation sites (N-methyl/N-ethyl adjacent to an activating group) is 1. The van der Waals surface area contributed by atoms with Gasteiger partial charge in [0.05, 0.1) is 6.54 Å². The highest BCUT2D eigenvalue weighted by atomic mass is 16.2. The molecule has 3 fully saturated rings. The fraction of sp³-hybridized carbons (Fsp3) is 0.923. The summed E-state index contributed by atoms with van der Waals surface area (Å²) >= 11 is 0. The number of hydrogen-bond acceptors (Lipinski definition) is 2. The zero-order chi connectivity index (χ0) is 11.2. The largest absolute Gasteiger partial charge is 0.342 e. The maximum atomic E-state index is 11.8. The van der Waals surface area contributed by atoms with Crippen molar-refractivity contribution in [2.75, 3.05) is 20.1 Å². The van der Waals surface area contributed by atoms with Crippen LogP contribution in [-0.2, 0) is 4.79 Å². The van der Waals surface area contributed by atoms with Crippen molar-refractivity contribution in [1.29, 1.82) is 0 Å². The smallest absolute Gasteiger partial charge is 0.236 e. The van der Waals surface area contributed by atoms with Gasteiger partial charge in [-0.1, -0.05) is 0 Å². The molecule has 3 aliphatic carbocycles. The molecule has 0 saturated heterocycles. The van der Waals surface area contributed by atoms with Gasteiger partial charge in [0.15, 0.2) is 0 Å². The van der Waals surface area contributed by atoms with Crippen LogP contribution >= 0.6 is 0 Å². The van der Waals surface area contributed by atoms with Gasteiger partial charge in [0.25, 0.3) is 0 Å². The number of hydrogen-bond donors (Lipinski definition) is 1. The molecule has 1 amide bonds. The Morgan fingerprint density at radius 3 is 2.50 bits per heavy atom. The first-order valence-electron chi connectivity index (χ1n) is 6.68. The molecule has 3 heteroatoms. The van der Waals surface area contributed by atoms with Crippen LogP contribution in [0.15, 0.2) is 0 Å². The zero-order valence-corrected chi connectivity index (χ0v) is 10.2. The maximum Gasteiger partial charge on any atom is 0.236 e. The molecule has 0 aromatic carbocycles. The summed E-state index contributed by atoms with van der Waals surface area (Å²) in [6.45, 7) is 1.61. The van der Waals surface area contributed by atoms with Crippen LogP contribution in [0.1, 0.15) is 38.5 Å². The molecule has 90 valence electrons. The molecular formula is C13H22N2O. The lowest BCUT2D eigenvalue weighted by molar-refractivity contribution is -0.129. The van der Waals surface area contributed by atoms with E-state index in [0.717, 1.165) is 12.5 Å². The van der Waals surface area contributed by atoms with E-state index in [1.807, 2.05) is 11.9 Å². The first kappa shape index (κ1) is 10.6. The van der Waals surface area contributed by atoms with Crippen molar-refractivity contribution in [3.05, 3.63) is 0 Å². The van der Waals surface area contributed by atoms with Crippen LogP contribution in [0, 0.1) is 11.3 Å². The summed E-state index contributed by atoms with van der Waals surface area (Å²) in [7, 11) is 1.94. The summed E-state index contributed by atoms with van der Waals surface area (Å²) < 4.78 is 0. The van der Waals surface area contributed by atoms with Crippen LogP contribution in [0.4, 0.5) is 0 Å². The summed E-state index contributed by atoms with van der Waals surface area (Å²) in [5.74, 6) is 1.25. The Labute approximate surface area is 97.6 Å². The van der Waals surface area contributed by atoms with E-state index in [2.05, 4.69) is 5.32 Å². The van der Waals surface area contributed by atoms with E-state index < -0.39 is 0 Å². The molecule has 3 rings (SSSR count). The molecule has 0 unspecified atom stereocenters. The van der Waals surface area contributed by atoms with Crippen molar-refractivity contribution >= 4 is 5.91 Å². The predicted molar refractivity (Wildman–Crippen MR) is 63.1 cm³/mol. The Morgan fingerprint density at radius 2 is 2.00 bits per heavy atom. The van der Waals surface area contributed by atoms with E-state index in [0.29, 0.717) is 18.0 Å². The third-order valence-electron chi connectivity index (χ3n) is 4.58. The molecule has 3 aliphatic rings. The van der Waals surface area contributed by atoms with Crippen molar-refractivity contribution in [1.82, 2.24) is 10.2 Å². The molecule has 0 radical (unpaired) electrons. The van der Waals surface area contributed by atoms with Crippen LogP contribution in [0.3, 0.4) is 0 Å². The van der Waals surface area contributed by atoms with Crippen molar-refractivity contribution in [3.8, 4) is 0 Å². The fourth-order valence-corrected chi connectivity index (χ4v) is 2.79. The monoisotopic (exact) mass is 222 g/mol.